The summed E-state index contributed by atoms with van der Waals surface area (Å²) < 4.78 is 1.62. The molecule has 2 rings (SSSR count). The molecular weight excluding hydrogens is 164 g/mol. The highest BCUT2D eigenvalue weighted by atomic mass is 32.1. The molecule has 2 aromatic heterocycles. The van der Waals surface area contributed by atoms with Gasteiger partial charge in [0.05, 0.1) is 0 Å². The van der Waals surface area contributed by atoms with Gasteiger partial charge in [-0.05, 0) is 11.3 Å². The van der Waals surface area contributed by atoms with Gasteiger partial charge >= 0.3 is 4.87 Å². The highest BCUT2D eigenvalue weighted by Crippen LogP contribution is 2.02. The van der Waals surface area contributed by atoms with Crippen molar-refractivity contribution >= 4 is 16.3 Å². The van der Waals surface area contributed by atoms with Crippen LogP contribution in [0.3, 0.4) is 0 Å². The molecular formula is C5H6N4OS. The van der Waals surface area contributed by atoms with E-state index in [0.717, 1.165) is 23.6 Å². The summed E-state index contributed by atoms with van der Waals surface area (Å²) in [4.78, 5) is 11.3. The predicted molar refractivity (Wildman–Crippen MR) is 40.9 cm³/mol. The third kappa shape index (κ3) is 0.864. The minimum Gasteiger partial charge on any atom is -0.255 e. The zero-order valence-electron chi connectivity index (χ0n) is 5.87. The molecule has 2 aromatic rings. The lowest BCUT2D eigenvalue weighted by Crippen LogP contribution is -2.00. The molecule has 0 saturated carbocycles. The fourth-order valence-corrected chi connectivity index (χ4v) is 1.53. The number of fused-ring (bicyclic) bond motifs is 1. The molecule has 0 spiro atoms. The van der Waals surface area contributed by atoms with Crippen molar-refractivity contribution in [2.24, 2.45) is 0 Å². The zero-order chi connectivity index (χ0) is 7.84. The van der Waals surface area contributed by atoms with Crippen LogP contribution in [0, 0.1) is 0 Å². The minimum absolute atomic E-state index is 0.0930. The molecule has 0 aliphatic carbocycles. The van der Waals surface area contributed by atoms with Gasteiger partial charge in [0, 0.05) is 6.42 Å². The predicted octanol–water partition coefficient (Wildman–Crippen LogP) is 0.0415. The van der Waals surface area contributed by atoms with Gasteiger partial charge < -0.3 is 0 Å². The van der Waals surface area contributed by atoms with Gasteiger partial charge in [0.25, 0.3) is 0 Å². The van der Waals surface area contributed by atoms with E-state index in [1.807, 2.05) is 6.92 Å². The first-order valence-corrected chi connectivity index (χ1v) is 4.06. The van der Waals surface area contributed by atoms with Gasteiger partial charge in [-0.2, -0.15) is 0 Å². The van der Waals surface area contributed by atoms with Crippen LogP contribution in [0.1, 0.15) is 12.7 Å². The Kier molecular flexibility index (Phi) is 1.28. The molecule has 0 radical (unpaired) electrons. The lowest BCUT2D eigenvalue weighted by atomic mass is 10.5. The van der Waals surface area contributed by atoms with Crippen LogP contribution in [0.25, 0.3) is 4.96 Å². The van der Waals surface area contributed by atoms with E-state index in [2.05, 4.69) is 15.3 Å². The van der Waals surface area contributed by atoms with Crippen LogP contribution in [0.4, 0.5) is 0 Å². The molecule has 6 heteroatoms. The van der Waals surface area contributed by atoms with Crippen LogP contribution in [0.15, 0.2) is 4.79 Å². The lowest BCUT2D eigenvalue weighted by Gasteiger charge is -1.85. The van der Waals surface area contributed by atoms with E-state index in [4.69, 9.17) is 0 Å². The Morgan fingerprint density at radius 2 is 2.45 bits per heavy atom. The average Bonchev–Trinajstić information content (AvgIpc) is 2.45. The Morgan fingerprint density at radius 1 is 1.64 bits per heavy atom. The third-order valence-electron chi connectivity index (χ3n) is 1.40. The maximum absolute atomic E-state index is 10.8. The summed E-state index contributed by atoms with van der Waals surface area (Å²) in [7, 11) is 0. The summed E-state index contributed by atoms with van der Waals surface area (Å²) in [5, 5.41) is 10.3. The number of aryl methyl sites for hydroxylation is 1. The molecule has 0 fully saturated rings. The topological polar surface area (TPSA) is 63.0 Å². The molecule has 0 aromatic carbocycles. The Bertz CT molecular complexity index is 425. The Balaban J connectivity index is 2.83. The Hall–Kier alpha value is -1.17. The molecule has 2 heterocycles. The van der Waals surface area contributed by atoms with Gasteiger partial charge in [0.2, 0.25) is 4.96 Å². The van der Waals surface area contributed by atoms with E-state index in [1.165, 1.54) is 0 Å². The first-order chi connectivity index (χ1) is 5.31. The summed E-state index contributed by atoms with van der Waals surface area (Å²) >= 11 is 1.07. The maximum Gasteiger partial charge on any atom is 0.322 e. The lowest BCUT2D eigenvalue weighted by molar-refractivity contribution is 0.825. The van der Waals surface area contributed by atoms with E-state index in [9.17, 15) is 4.79 Å². The molecule has 1 N–H and O–H groups in total. The second kappa shape index (κ2) is 2.16. The van der Waals surface area contributed by atoms with E-state index in [0.29, 0.717) is 4.96 Å². The molecule has 0 amide bonds. The van der Waals surface area contributed by atoms with Crippen LogP contribution < -0.4 is 4.87 Å². The van der Waals surface area contributed by atoms with Gasteiger partial charge in [0.15, 0.2) is 5.82 Å². The fourth-order valence-electron chi connectivity index (χ4n) is 0.905. The number of aromatic nitrogens is 4. The zero-order valence-corrected chi connectivity index (χ0v) is 6.68. The number of nitrogens with zero attached hydrogens (tertiary/aromatic N) is 3. The van der Waals surface area contributed by atoms with Gasteiger partial charge in [-0.3, -0.25) is 4.79 Å². The second-order valence-corrected chi connectivity index (χ2v) is 3.03. The normalized spacial score (nSPS) is 11.0. The molecule has 0 aliphatic rings. The van der Waals surface area contributed by atoms with Crippen LogP contribution in [-0.4, -0.2) is 19.8 Å². The molecule has 0 bridgehead atoms. The monoisotopic (exact) mass is 170 g/mol. The Labute approximate surface area is 65.7 Å². The van der Waals surface area contributed by atoms with E-state index in [-0.39, 0.29) is 4.87 Å². The first kappa shape index (κ1) is 6.53. The third-order valence-corrected chi connectivity index (χ3v) is 2.13. The summed E-state index contributed by atoms with van der Waals surface area (Å²) in [5.74, 6) is 0.790. The van der Waals surface area contributed by atoms with Crippen molar-refractivity contribution in [1.82, 2.24) is 19.8 Å². The first-order valence-electron chi connectivity index (χ1n) is 3.24. The van der Waals surface area contributed by atoms with Crippen molar-refractivity contribution < 1.29 is 0 Å². The molecule has 5 nitrogen and oxygen atoms in total. The van der Waals surface area contributed by atoms with Crippen LogP contribution in [0.5, 0.6) is 0 Å². The Morgan fingerprint density at radius 3 is 3.18 bits per heavy atom. The van der Waals surface area contributed by atoms with Crippen molar-refractivity contribution in [1.29, 1.82) is 0 Å². The fraction of sp³-hybridized carbons (Fsp3) is 0.400. The van der Waals surface area contributed by atoms with Crippen LogP contribution in [0.2, 0.25) is 0 Å². The van der Waals surface area contributed by atoms with Crippen molar-refractivity contribution in [3.63, 3.8) is 0 Å². The van der Waals surface area contributed by atoms with Crippen molar-refractivity contribution in [3.8, 4) is 0 Å². The number of H-pyrrole nitrogens is 1. The second-order valence-electron chi connectivity index (χ2n) is 2.09. The smallest absolute Gasteiger partial charge is 0.255 e. The maximum atomic E-state index is 10.8. The van der Waals surface area contributed by atoms with Crippen molar-refractivity contribution in [2.45, 2.75) is 13.3 Å². The summed E-state index contributed by atoms with van der Waals surface area (Å²) in [6, 6.07) is 0. The van der Waals surface area contributed by atoms with Crippen LogP contribution in [-0.2, 0) is 6.42 Å². The summed E-state index contributed by atoms with van der Waals surface area (Å²) in [6.07, 6.45) is 0.772. The minimum atomic E-state index is -0.0930. The van der Waals surface area contributed by atoms with Gasteiger partial charge in [-0.25, -0.2) is 9.61 Å². The highest BCUT2D eigenvalue weighted by Gasteiger charge is 2.05. The molecule has 58 valence electrons. The standard InChI is InChI=1S/C5H6N4OS/c1-2-3-6-7-4-9(3)8-5(10)11-4/h2H2,1H3,(H,8,10). The van der Waals surface area contributed by atoms with E-state index < -0.39 is 0 Å². The number of rotatable bonds is 1. The van der Waals surface area contributed by atoms with Crippen LogP contribution >= 0.6 is 11.3 Å². The molecule has 0 saturated heterocycles. The summed E-state index contributed by atoms with van der Waals surface area (Å²) in [5.41, 5.74) is 0. The molecule has 0 unspecified atom stereocenters. The largest absolute Gasteiger partial charge is 0.322 e. The van der Waals surface area contributed by atoms with Gasteiger partial charge in [-0.1, -0.05) is 6.92 Å². The van der Waals surface area contributed by atoms with E-state index >= 15 is 0 Å². The number of hydrogen-bond donors (Lipinski definition) is 1. The number of hydrogen-bond acceptors (Lipinski definition) is 4. The highest BCUT2D eigenvalue weighted by molar-refractivity contribution is 7.14. The quantitative estimate of drug-likeness (QED) is 0.657. The van der Waals surface area contributed by atoms with Crippen molar-refractivity contribution in [2.75, 3.05) is 0 Å². The average molecular weight is 170 g/mol. The van der Waals surface area contributed by atoms with E-state index in [1.54, 1.807) is 4.52 Å². The van der Waals surface area contributed by atoms with Gasteiger partial charge in [0.1, 0.15) is 0 Å². The molecule has 0 aliphatic heterocycles. The summed E-state index contributed by atoms with van der Waals surface area (Å²) in [6.45, 7) is 1.96. The van der Waals surface area contributed by atoms with Crippen molar-refractivity contribution in [3.05, 3.63) is 15.5 Å². The SMILES string of the molecule is CCc1nnc2sc(=O)[nH]n12. The molecule has 11 heavy (non-hydrogen) atoms. The number of aromatic amines is 1. The molecule has 0 atom stereocenters. The number of nitrogens with one attached hydrogen (secondary N) is 1. The van der Waals surface area contributed by atoms with Gasteiger partial charge in [-0.15, -0.1) is 10.2 Å².